The van der Waals surface area contributed by atoms with Crippen molar-refractivity contribution in [1.82, 2.24) is 5.32 Å². The molecule has 1 aromatic carbocycles. The molecule has 3 rings (SSSR count). The van der Waals surface area contributed by atoms with Gasteiger partial charge in [0.25, 0.3) is 5.91 Å². The van der Waals surface area contributed by atoms with Crippen LogP contribution in [0.5, 0.6) is 0 Å². The van der Waals surface area contributed by atoms with Crippen molar-refractivity contribution in [3.8, 4) is 0 Å². The summed E-state index contributed by atoms with van der Waals surface area (Å²) in [6.07, 6.45) is 9.67. The van der Waals surface area contributed by atoms with Crippen LogP contribution in [-0.2, 0) is 9.53 Å². The van der Waals surface area contributed by atoms with Crippen LogP contribution >= 0.6 is 0 Å². The Morgan fingerprint density at radius 1 is 1.12 bits per heavy atom. The van der Waals surface area contributed by atoms with Crippen molar-refractivity contribution in [3.05, 3.63) is 23.8 Å². The molecule has 0 aromatic heterocycles. The first kappa shape index (κ1) is 24.6. The van der Waals surface area contributed by atoms with Crippen LogP contribution in [0.4, 0.5) is 11.4 Å². The second kappa shape index (κ2) is 12.8. The fourth-order valence-corrected chi connectivity index (χ4v) is 4.79. The van der Waals surface area contributed by atoms with E-state index in [1.54, 1.807) is 0 Å². The summed E-state index contributed by atoms with van der Waals surface area (Å²) in [7, 11) is 0. The Kier molecular flexibility index (Phi) is 9.85. The van der Waals surface area contributed by atoms with Crippen molar-refractivity contribution >= 4 is 23.2 Å². The summed E-state index contributed by atoms with van der Waals surface area (Å²) < 4.78 is 5.37. The molecule has 0 radical (unpaired) electrons. The number of amides is 2. The lowest BCUT2D eigenvalue weighted by atomic mass is 9.97. The van der Waals surface area contributed by atoms with Gasteiger partial charge < -0.3 is 20.3 Å². The molecule has 2 fully saturated rings. The molecule has 1 aliphatic heterocycles. The van der Waals surface area contributed by atoms with Gasteiger partial charge >= 0.3 is 0 Å². The van der Waals surface area contributed by atoms with Crippen LogP contribution in [0.15, 0.2) is 18.2 Å². The summed E-state index contributed by atoms with van der Waals surface area (Å²) >= 11 is 0. The molecule has 2 aliphatic rings. The smallest absolute Gasteiger partial charge is 0.253 e. The van der Waals surface area contributed by atoms with Crippen LogP contribution in [-0.4, -0.2) is 44.7 Å². The molecule has 0 atom stereocenters. The van der Waals surface area contributed by atoms with E-state index in [1.807, 2.05) is 25.1 Å². The first-order valence-corrected chi connectivity index (χ1v) is 12.6. The van der Waals surface area contributed by atoms with Gasteiger partial charge in [-0.15, -0.1) is 0 Å². The van der Waals surface area contributed by atoms with Gasteiger partial charge in [-0.3, -0.25) is 9.59 Å². The number of ether oxygens (including phenoxy) is 1. The van der Waals surface area contributed by atoms with E-state index in [0.29, 0.717) is 43.3 Å². The number of benzene rings is 1. The minimum Gasteiger partial charge on any atom is -0.382 e. The maximum atomic E-state index is 13.1. The lowest BCUT2D eigenvalue weighted by Gasteiger charge is -2.33. The largest absolute Gasteiger partial charge is 0.382 e. The number of piperidine rings is 1. The van der Waals surface area contributed by atoms with Gasteiger partial charge in [0, 0.05) is 50.6 Å². The van der Waals surface area contributed by atoms with Gasteiger partial charge in [-0.05, 0) is 62.6 Å². The number of nitrogens with one attached hydrogen (secondary N) is 2. The Morgan fingerprint density at radius 3 is 2.59 bits per heavy atom. The number of nitrogens with zero attached hydrogens (tertiary/aromatic N) is 1. The zero-order chi connectivity index (χ0) is 22.8. The number of hydrogen-bond acceptors (Lipinski definition) is 4. The van der Waals surface area contributed by atoms with Gasteiger partial charge in [0.05, 0.1) is 5.56 Å². The van der Waals surface area contributed by atoms with Crippen molar-refractivity contribution in [2.24, 2.45) is 11.8 Å². The van der Waals surface area contributed by atoms with Gasteiger partial charge in [-0.2, -0.15) is 0 Å². The van der Waals surface area contributed by atoms with Crippen LogP contribution in [0.25, 0.3) is 0 Å². The average Bonchev–Trinajstić information content (AvgIpc) is 3.32. The summed E-state index contributed by atoms with van der Waals surface area (Å²) in [6.45, 7) is 8.08. The average molecular weight is 444 g/mol. The van der Waals surface area contributed by atoms with E-state index in [4.69, 9.17) is 4.74 Å². The van der Waals surface area contributed by atoms with Crippen molar-refractivity contribution in [1.29, 1.82) is 0 Å². The summed E-state index contributed by atoms with van der Waals surface area (Å²) in [5, 5.41) is 6.06. The maximum Gasteiger partial charge on any atom is 0.253 e. The number of hydrogen-bond donors (Lipinski definition) is 2. The third-order valence-electron chi connectivity index (χ3n) is 6.86. The molecule has 6 heteroatoms. The molecular formula is C26H41N3O3. The molecule has 0 unspecified atom stereocenters. The molecule has 1 saturated carbocycles. The van der Waals surface area contributed by atoms with Crippen molar-refractivity contribution in [3.63, 3.8) is 0 Å². The van der Waals surface area contributed by atoms with Crippen molar-refractivity contribution < 1.29 is 14.3 Å². The van der Waals surface area contributed by atoms with Crippen LogP contribution in [0.3, 0.4) is 0 Å². The quantitative estimate of drug-likeness (QED) is 0.473. The lowest BCUT2D eigenvalue weighted by molar-refractivity contribution is -0.116. The second-order valence-electron chi connectivity index (χ2n) is 9.45. The molecule has 0 bridgehead atoms. The van der Waals surface area contributed by atoms with Gasteiger partial charge in [0.1, 0.15) is 0 Å². The van der Waals surface area contributed by atoms with E-state index in [-0.39, 0.29) is 11.8 Å². The molecular weight excluding hydrogens is 402 g/mol. The van der Waals surface area contributed by atoms with Crippen LogP contribution in [0, 0.1) is 11.8 Å². The highest BCUT2D eigenvalue weighted by Gasteiger charge is 2.22. The maximum absolute atomic E-state index is 13.1. The van der Waals surface area contributed by atoms with Crippen molar-refractivity contribution in [2.75, 3.05) is 43.1 Å². The van der Waals surface area contributed by atoms with E-state index in [9.17, 15) is 9.59 Å². The summed E-state index contributed by atoms with van der Waals surface area (Å²) in [5.41, 5.74) is 2.31. The Balaban J connectivity index is 1.65. The monoisotopic (exact) mass is 443 g/mol. The fraction of sp³-hybridized carbons (Fsp3) is 0.692. The molecule has 1 heterocycles. The van der Waals surface area contributed by atoms with Crippen LogP contribution in [0.1, 0.15) is 82.0 Å². The third-order valence-corrected chi connectivity index (χ3v) is 6.86. The number of rotatable bonds is 11. The number of carbonyl (C=O) groups excluding carboxylic acids is 2. The first-order chi connectivity index (χ1) is 15.6. The topological polar surface area (TPSA) is 70.7 Å². The minimum atomic E-state index is -0.0859. The highest BCUT2D eigenvalue weighted by Crippen LogP contribution is 2.30. The normalized spacial score (nSPS) is 17.5. The van der Waals surface area contributed by atoms with Crippen molar-refractivity contribution in [2.45, 2.75) is 71.6 Å². The summed E-state index contributed by atoms with van der Waals surface area (Å²) in [6, 6.07) is 5.78. The molecule has 6 nitrogen and oxygen atoms in total. The Labute approximate surface area is 193 Å². The Bertz CT molecular complexity index is 738. The third kappa shape index (κ3) is 7.51. The van der Waals surface area contributed by atoms with Crippen LogP contribution < -0.4 is 15.5 Å². The van der Waals surface area contributed by atoms with E-state index >= 15 is 0 Å². The van der Waals surface area contributed by atoms with E-state index < -0.39 is 0 Å². The van der Waals surface area contributed by atoms with E-state index in [0.717, 1.165) is 50.4 Å². The zero-order valence-corrected chi connectivity index (χ0v) is 20.0. The van der Waals surface area contributed by atoms with E-state index in [1.165, 1.54) is 25.7 Å². The Morgan fingerprint density at radius 2 is 1.88 bits per heavy atom. The molecule has 1 aromatic rings. The fourth-order valence-electron chi connectivity index (χ4n) is 4.79. The van der Waals surface area contributed by atoms with Gasteiger partial charge in [-0.1, -0.05) is 32.6 Å². The highest BCUT2D eigenvalue weighted by atomic mass is 16.5. The minimum absolute atomic E-state index is 0.0412. The molecule has 1 aliphatic carbocycles. The van der Waals surface area contributed by atoms with Gasteiger partial charge in [0.15, 0.2) is 0 Å². The number of anilines is 2. The Hall–Kier alpha value is -2.08. The van der Waals surface area contributed by atoms with E-state index in [2.05, 4.69) is 22.5 Å². The lowest BCUT2D eigenvalue weighted by Crippen LogP contribution is -2.35. The highest BCUT2D eigenvalue weighted by molar-refractivity contribution is 6.02. The summed E-state index contributed by atoms with van der Waals surface area (Å²) in [4.78, 5) is 27.9. The summed E-state index contributed by atoms with van der Waals surface area (Å²) in [5.74, 6) is 1.37. The molecule has 2 N–H and O–H groups in total. The number of carbonyl (C=O) groups is 2. The van der Waals surface area contributed by atoms with Crippen LogP contribution in [0.2, 0.25) is 0 Å². The predicted molar refractivity (Wildman–Crippen MR) is 130 cm³/mol. The first-order valence-electron chi connectivity index (χ1n) is 12.6. The zero-order valence-electron chi connectivity index (χ0n) is 20.0. The molecule has 32 heavy (non-hydrogen) atoms. The molecule has 178 valence electrons. The molecule has 2 amide bonds. The predicted octanol–water partition coefficient (Wildman–Crippen LogP) is 4.99. The molecule has 0 spiro atoms. The standard InChI is InChI=1S/C26H41N3O3/c1-3-32-18-6-15-27-26(31)23-19-22(28-25(30)12-9-21-7-4-5-8-21)10-11-24(23)29-16-13-20(2)14-17-29/h10-11,19-21H,3-9,12-18H2,1-2H3,(H,27,31)(H,28,30). The molecule has 1 saturated heterocycles. The second-order valence-corrected chi connectivity index (χ2v) is 9.45. The van der Waals surface area contributed by atoms with Gasteiger partial charge in [-0.25, -0.2) is 0 Å². The van der Waals surface area contributed by atoms with Gasteiger partial charge in [0.2, 0.25) is 5.91 Å². The SMILES string of the molecule is CCOCCCNC(=O)c1cc(NC(=O)CCC2CCCC2)ccc1N1CCC(C)CC1.